The molecule has 0 amide bonds. The van der Waals surface area contributed by atoms with Gasteiger partial charge in [-0.25, -0.2) is 0 Å². The molecule has 0 saturated carbocycles. The van der Waals surface area contributed by atoms with Crippen LogP contribution in [0.25, 0.3) is 0 Å². The SMILES string of the molecule is N#Cc1cccnc1C1CCN(Cc2ccccc2)C1. The lowest BCUT2D eigenvalue weighted by molar-refractivity contribution is 0.326. The highest BCUT2D eigenvalue weighted by Gasteiger charge is 2.26. The molecule has 3 rings (SSSR count). The lowest BCUT2D eigenvalue weighted by Crippen LogP contribution is -2.20. The molecule has 0 spiro atoms. The maximum atomic E-state index is 9.18. The maximum absolute atomic E-state index is 9.18. The Bertz CT molecular complexity index is 616. The molecule has 1 aliphatic heterocycles. The van der Waals surface area contributed by atoms with Gasteiger partial charge in [0.05, 0.1) is 11.3 Å². The molecule has 0 radical (unpaired) electrons. The topological polar surface area (TPSA) is 39.9 Å². The van der Waals surface area contributed by atoms with Crippen molar-refractivity contribution in [2.24, 2.45) is 0 Å². The predicted molar refractivity (Wildman–Crippen MR) is 78.0 cm³/mol. The summed E-state index contributed by atoms with van der Waals surface area (Å²) in [5.41, 5.74) is 3.03. The lowest BCUT2D eigenvalue weighted by atomic mass is 10.00. The van der Waals surface area contributed by atoms with E-state index in [0.29, 0.717) is 5.92 Å². The molecule has 1 aromatic heterocycles. The van der Waals surface area contributed by atoms with Crippen molar-refractivity contribution in [3.05, 3.63) is 65.5 Å². The van der Waals surface area contributed by atoms with E-state index in [-0.39, 0.29) is 0 Å². The Balaban J connectivity index is 1.69. The Labute approximate surface area is 119 Å². The number of aromatic nitrogens is 1. The van der Waals surface area contributed by atoms with Crippen molar-refractivity contribution < 1.29 is 0 Å². The van der Waals surface area contributed by atoms with Gasteiger partial charge in [-0.3, -0.25) is 9.88 Å². The van der Waals surface area contributed by atoms with E-state index < -0.39 is 0 Å². The molecule has 20 heavy (non-hydrogen) atoms. The predicted octanol–water partition coefficient (Wildman–Crippen LogP) is 2.94. The summed E-state index contributed by atoms with van der Waals surface area (Å²) in [7, 11) is 0. The molecule has 1 saturated heterocycles. The Morgan fingerprint density at radius 1 is 1.20 bits per heavy atom. The summed E-state index contributed by atoms with van der Waals surface area (Å²) in [4.78, 5) is 6.86. The number of hydrogen-bond donors (Lipinski definition) is 0. The zero-order valence-electron chi connectivity index (χ0n) is 11.4. The Morgan fingerprint density at radius 2 is 2.05 bits per heavy atom. The summed E-state index contributed by atoms with van der Waals surface area (Å²) >= 11 is 0. The van der Waals surface area contributed by atoms with Gasteiger partial charge in [-0.2, -0.15) is 5.26 Å². The number of pyridine rings is 1. The third-order valence-electron chi connectivity index (χ3n) is 3.87. The van der Waals surface area contributed by atoms with Gasteiger partial charge in [0, 0.05) is 25.2 Å². The summed E-state index contributed by atoms with van der Waals surface area (Å²) in [5.74, 6) is 0.384. The smallest absolute Gasteiger partial charge is 0.101 e. The van der Waals surface area contributed by atoms with E-state index in [9.17, 15) is 5.26 Å². The number of likely N-dealkylation sites (tertiary alicyclic amines) is 1. The van der Waals surface area contributed by atoms with Crippen molar-refractivity contribution in [2.75, 3.05) is 13.1 Å². The number of rotatable bonds is 3. The Hall–Kier alpha value is -2.18. The molecule has 0 N–H and O–H groups in total. The first-order valence-corrected chi connectivity index (χ1v) is 6.98. The largest absolute Gasteiger partial charge is 0.298 e. The zero-order chi connectivity index (χ0) is 13.8. The molecule has 3 heteroatoms. The minimum Gasteiger partial charge on any atom is -0.298 e. The van der Waals surface area contributed by atoms with Crippen molar-refractivity contribution in [1.82, 2.24) is 9.88 Å². The molecule has 1 atom stereocenters. The van der Waals surface area contributed by atoms with E-state index in [1.54, 1.807) is 6.20 Å². The van der Waals surface area contributed by atoms with Gasteiger partial charge in [0.2, 0.25) is 0 Å². The Kier molecular flexibility index (Phi) is 3.76. The van der Waals surface area contributed by atoms with Gasteiger partial charge in [0.25, 0.3) is 0 Å². The average molecular weight is 263 g/mol. The molecule has 3 nitrogen and oxygen atoms in total. The van der Waals surface area contributed by atoms with Crippen LogP contribution in [0.1, 0.15) is 29.2 Å². The van der Waals surface area contributed by atoms with Crippen LogP contribution >= 0.6 is 0 Å². The molecule has 2 heterocycles. The fraction of sp³-hybridized carbons (Fsp3) is 0.294. The third kappa shape index (κ3) is 2.71. The van der Waals surface area contributed by atoms with Crippen LogP contribution in [0.3, 0.4) is 0 Å². The highest BCUT2D eigenvalue weighted by molar-refractivity contribution is 5.35. The summed E-state index contributed by atoms with van der Waals surface area (Å²) in [6.07, 6.45) is 2.87. The van der Waals surface area contributed by atoms with Gasteiger partial charge in [0.15, 0.2) is 0 Å². The quantitative estimate of drug-likeness (QED) is 0.854. The normalized spacial score (nSPS) is 18.9. The van der Waals surface area contributed by atoms with Crippen LogP contribution in [-0.2, 0) is 6.54 Å². The number of nitrogens with zero attached hydrogens (tertiary/aromatic N) is 3. The summed E-state index contributed by atoms with van der Waals surface area (Å²) in [6, 6.07) is 16.5. The molecule has 1 aromatic carbocycles. The molecule has 0 bridgehead atoms. The van der Waals surface area contributed by atoms with Crippen LogP contribution in [0.15, 0.2) is 48.7 Å². The van der Waals surface area contributed by atoms with Crippen molar-refractivity contribution in [3.63, 3.8) is 0 Å². The van der Waals surface area contributed by atoms with E-state index in [4.69, 9.17) is 0 Å². The second kappa shape index (κ2) is 5.85. The van der Waals surface area contributed by atoms with E-state index in [1.165, 1.54) is 5.56 Å². The standard InChI is InChI=1S/C17H17N3/c18-11-15-7-4-9-19-17(15)16-8-10-20(13-16)12-14-5-2-1-3-6-14/h1-7,9,16H,8,10,12-13H2. The molecular weight excluding hydrogens is 246 g/mol. The highest BCUT2D eigenvalue weighted by atomic mass is 15.1. The van der Waals surface area contributed by atoms with Crippen molar-refractivity contribution in [1.29, 1.82) is 5.26 Å². The van der Waals surface area contributed by atoms with E-state index in [1.807, 2.05) is 18.2 Å². The minimum absolute atomic E-state index is 0.384. The summed E-state index contributed by atoms with van der Waals surface area (Å²) in [6.45, 7) is 3.04. The number of hydrogen-bond acceptors (Lipinski definition) is 3. The third-order valence-corrected chi connectivity index (χ3v) is 3.87. The van der Waals surface area contributed by atoms with Crippen molar-refractivity contribution in [2.45, 2.75) is 18.9 Å². The Morgan fingerprint density at radius 3 is 2.85 bits per heavy atom. The second-order valence-corrected chi connectivity index (χ2v) is 5.25. The van der Waals surface area contributed by atoms with E-state index in [2.05, 4.69) is 40.2 Å². The van der Waals surface area contributed by atoms with Gasteiger partial charge in [0.1, 0.15) is 6.07 Å². The lowest BCUT2D eigenvalue weighted by Gasteiger charge is -2.16. The first-order chi connectivity index (χ1) is 9.86. The molecule has 2 aromatic rings. The molecule has 1 unspecified atom stereocenters. The molecule has 1 fully saturated rings. The fourth-order valence-electron chi connectivity index (χ4n) is 2.88. The van der Waals surface area contributed by atoms with Gasteiger partial charge >= 0.3 is 0 Å². The van der Waals surface area contributed by atoms with Crippen LogP contribution < -0.4 is 0 Å². The first-order valence-electron chi connectivity index (χ1n) is 6.98. The van der Waals surface area contributed by atoms with Crippen molar-refractivity contribution >= 4 is 0 Å². The first kappa shape index (κ1) is 12.8. The monoisotopic (exact) mass is 263 g/mol. The molecule has 0 aliphatic carbocycles. The van der Waals surface area contributed by atoms with E-state index in [0.717, 1.165) is 37.3 Å². The van der Waals surface area contributed by atoms with Gasteiger partial charge in [-0.1, -0.05) is 30.3 Å². The average Bonchev–Trinajstić information content (AvgIpc) is 2.96. The van der Waals surface area contributed by atoms with Crippen LogP contribution in [0.2, 0.25) is 0 Å². The minimum atomic E-state index is 0.384. The molecule has 100 valence electrons. The van der Waals surface area contributed by atoms with Crippen LogP contribution in [0, 0.1) is 11.3 Å². The zero-order valence-corrected chi connectivity index (χ0v) is 11.4. The van der Waals surface area contributed by atoms with Gasteiger partial charge in [-0.15, -0.1) is 0 Å². The van der Waals surface area contributed by atoms with E-state index >= 15 is 0 Å². The fourth-order valence-corrected chi connectivity index (χ4v) is 2.88. The second-order valence-electron chi connectivity index (χ2n) is 5.25. The number of nitriles is 1. The van der Waals surface area contributed by atoms with Gasteiger partial charge in [-0.05, 0) is 30.7 Å². The van der Waals surface area contributed by atoms with Crippen molar-refractivity contribution in [3.8, 4) is 6.07 Å². The van der Waals surface area contributed by atoms with Gasteiger partial charge < -0.3 is 0 Å². The highest BCUT2D eigenvalue weighted by Crippen LogP contribution is 2.28. The summed E-state index contributed by atoms with van der Waals surface area (Å²) < 4.78 is 0. The molecular formula is C17H17N3. The molecule has 1 aliphatic rings. The van der Waals surface area contributed by atoms with Crippen LogP contribution in [0.5, 0.6) is 0 Å². The van der Waals surface area contributed by atoms with Crippen LogP contribution in [-0.4, -0.2) is 23.0 Å². The maximum Gasteiger partial charge on any atom is 0.101 e. The summed E-state index contributed by atoms with van der Waals surface area (Å²) in [5, 5.41) is 9.18. The van der Waals surface area contributed by atoms with Crippen LogP contribution in [0.4, 0.5) is 0 Å². The number of benzene rings is 1.